The molecule has 19 heavy (non-hydrogen) atoms. The second kappa shape index (κ2) is 6.19. The van der Waals surface area contributed by atoms with E-state index in [4.69, 9.17) is 5.11 Å². The lowest BCUT2D eigenvalue weighted by Crippen LogP contribution is -2.35. The van der Waals surface area contributed by atoms with Crippen molar-refractivity contribution in [3.63, 3.8) is 0 Å². The third-order valence-corrected chi connectivity index (χ3v) is 4.62. The van der Waals surface area contributed by atoms with Crippen molar-refractivity contribution in [3.05, 3.63) is 21.9 Å². The van der Waals surface area contributed by atoms with Crippen LogP contribution in [0.25, 0.3) is 0 Å². The lowest BCUT2D eigenvalue weighted by molar-refractivity contribution is 0.0700. The van der Waals surface area contributed by atoms with Crippen LogP contribution < -0.4 is 0 Å². The lowest BCUT2D eigenvalue weighted by Gasteiger charge is -2.24. The third kappa shape index (κ3) is 3.15. The average molecular weight is 281 g/mol. The minimum absolute atomic E-state index is 0.00361. The van der Waals surface area contributed by atoms with Gasteiger partial charge in [-0.2, -0.15) is 0 Å². The molecule has 1 saturated heterocycles. The van der Waals surface area contributed by atoms with Gasteiger partial charge < -0.3 is 10.0 Å². The summed E-state index contributed by atoms with van der Waals surface area (Å²) < 4.78 is 0. The summed E-state index contributed by atoms with van der Waals surface area (Å²) >= 11 is 1.07. The first kappa shape index (κ1) is 14.1. The molecule has 1 atom stereocenters. The molecule has 104 valence electrons. The van der Waals surface area contributed by atoms with Crippen molar-refractivity contribution >= 4 is 23.2 Å². The summed E-state index contributed by atoms with van der Waals surface area (Å²) in [4.78, 5) is 25.9. The Morgan fingerprint density at radius 3 is 2.79 bits per heavy atom. The highest BCUT2D eigenvalue weighted by atomic mass is 32.1. The van der Waals surface area contributed by atoms with E-state index < -0.39 is 5.97 Å². The number of carbonyl (C=O) groups excluding carboxylic acids is 1. The van der Waals surface area contributed by atoms with Gasteiger partial charge >= 0.3 is 5.97 Å². The van der Waals surface area contributed by atoms with Crippen molar-refractivity contribution in [2.75, 3.05) is 6.54 Å². The monoisotopic (exact) mass is 281 g/mol. The first-order valence-corrected chi connectivity index (χ1v) is 7.59. The average Bonchev–Trinajstić information content (AvgIpc) is 3.04. The highest BCUT2D eigenvalue weighted by Gasteiger charge is 2.29. The molecule has 4 nitrogen and oxygen atoms in total. The van der Waals surface area contributed by atoms with E-state index in [1.807, 2.05) is 4.90 Å². The van der Waals surface area contributed by atoms with Gasteiger partial charge in [0.2, 0.25) is 0 Å². The molecule has 0 radical (unpaired) electrons. The number of likely N-dealkylation sites (tertiary alicyclic amines) is 1. The van der Waals surface area contributed by atoms with Crippen LogP contribution in [0.2, 0.25) is 0 Å². The van der Waals surface area contributed by atoms with Gasteiger partial charge in [-0.05, 0) is 31.4 Å². The lowest BCUT2D eigenvalue weighted by atomic mass is 10.1. The quantitative estimate of drug-likeness (QED) is 0.901. The number of unbranched alkanes of at least 4 members (excludes halogenated alkanes) is 1. The smallest absolute Gasteiger partial charge is 0.345 e. The molecule has 1 unspecified atom stereocenters. The Morgan fingerprint density at radius 1 is 1.42 bits per heavy atom. The molecule has 1 aromatic heterocycles. The van der Waals surface area contributed by atoms with Crippen molar-refractivity contribution in [1.82, 2.24) is 4.90 Å². The minimum atomic E-state index is -0.965. The Balaban J connectivity index is 2.07. The first-order valence-electron chi connectivity index (χ1n) is 6.77. The Labute approximate surface area is 117 Å². The fourth-order valence-corrected chi connectivity index (χ4v) is 3.35. The van der Waals surface area contributed by atoms with E-state index in [0.29, 0.717) is 10.9 Å². The van der Waals surface area contributed by atoms with Crippen LogP contribution in [0, 0.1) is 0 Å². The molecule has 1 aliphatic rings. The highest BCUT2D eigenvalue weighted by Crippen LogP contribution is 2.26. The number of hydrogen-bond acceptors (Lipinski definition) is 3. The molecule has 0 bridgehead atoms. The van der Waals surface area contributed by atoms with Crippen LogP contribution in [-0.4, -0.2) is 34.5 Å². The second-order valence-corrected chi connectivity index (χ2v) is 5.99. The maximum atomic E-state index is 12.4. The van der Waals surface area contributed by atoms with E-state index in [1.54, 1.807) is 6.07 Å². The molecule has 0 saturated carbocycles. The number of hydrogen-bond donors (Lipinski definition) is 1. The summed E-state index contributed by atoms with van der Waals surface area (Å²) in [5, 5.41) is 8.90. The second-order valence-electron chi connectivity index (χ2n) is 4.91. The maximum Gasteiger partial charge on any atom is 0.345 e. The van der Waals surface area contributed by atoms with Crippen molar-refractivity contribution in [1.29, 1.82) is 0 Å². The number of carbonyl (C=O) groups is 2. The summed E-state index contributed by atoms with van der Waals surface area (Å²) in [6.45, 7) is 2.95. The fraction of sp³-hybridized carbons (Fsp3) is 0.571. The molecule has 5 heteroatoms. The molecule has 0 aliphatic carbocycles. The zero-order valence-corrected chi connectivity index (χ0v) is 11.9. The van der Waals surface area contributed by atoms with Crippen LogP contribution in [0.3, 0.4) is 0 Å². The number of rotatable bonds is 5. The van der Waals surface area contributed by atoms with Gasteiger partial charge in [-0.1, -0.05) is 19.8 Å². The van der Waals surface area contributed by atoms with E-state index >= 15 is 0 Å². The number of carboxylic acid groups (broad SMARTS) is 1. The van der Waals surface area contributed by atoms with Crippen LogP contribution in [0.4, 0.5) is 0 Å². The predicted molar refractivity (Wildman–Crippen MR) is 74.9 cm³/mol. The van der Waals surface area contributed by atoms with Crippen LogP contribution >= 0.6 is 11.3 Å². The highest BCUT2D eigenvalue weighted by molar-refractivity contribution is 7.15. The van der Waals surface area contributed by atoms with Crippen LogP contribution in [0.15, 0.2) is 12.1 Å². The molecule has 2 heterocycles. The molecule has 1 aliphatic heterocycles. The summed E-state index contributed by atoms with van der Waals surface area (Å²) in [6, 6.07) is 3.48. The standard InChI is InChI=1S/C14H19NO3S/c1-2-3-5-10-6-4-9-15(10)13(16)11-7-8-12(19-11)14(17)18/h7-8,10H,2-6,9H2,1H3,(H,17,18). The summed E-state index contributed by atoms with van der Waals surface area (Å²) in [5.41, 5.74) is 0. The summed E-state index contributed by atoms with van der Waals surface area (Å²) in [6.07, 6.45) is 5.46. The minimum Gasteiger partial charge on any atom is -0.477 e. The third-order valence-electron chi connectivity index (χ3n) is 3.56. The summed E-state index contributed by atoms with van der Waals surface area (Å²) in [5.74, 6) is -0.968. The maximum absolute atomic E-state index is 12.4. The van der Waals surface area contributed by atoms with Crippen molar-refractivity contribution in [3.8, 4) is 0 Å². The zero-order chi connectivity index (χ0) is 13.8. The Hall–Kier alpha value is -1.36. The molecule has 1 fully saturated rings. The van der Waals surface area contributed by atoms with Gasteiger partial charge in [-0.25, -0.2) is 4.79 Å². The molecular weight excluding hydrogens is 262 g/mol. The van der Waals surface area contributed by atoms with Gasteiger partial charge in [0.05, 0.1) is 4.88 Å². The topological polar surface area (TPSA) is 57.6 Å². The van der Waals surface area contributed by atoms with E-state index in [1.165, 1.54) is 6.07 Å². The van der Waals surface area contributed by atoms with Gasteiger partial charge in [-0.3, -0.25) is 4.79 Å². The van der Waals surface area contributed by atoms with Crippen molar-refractivity contribution in [2.24, 2.45) is 0 Å². The van der Waals surface area contributed by atoms with Crippen molar-refractivity contribution in [2.45, 2.75) is 45.1 Å². The van der Waals surface area contributed by atoms with Gasteiger partial charge in [0.1, 0.15) is 4.88 Å². The number of aromatic carboxylic acids is 1. The zero-order valence-electron chi connectivity index (χ0n) is 11.1. The molecule has 1 N–H and O–H groups in total. The molecule has 0 aromatic carbocycles. The first-order chi connectivity index (χ1) is 9.13. The van der Waals surface area contributed by atoms with E-state index in [-0.39, 0.29) is 10.8 Å². The normalized spacial score (nSPS) is 18.8. The Bertz CT molecular complexity index is 469. The van der Waals surface area contributed by atoms with Crippen molar-refractivity contribution < 1.29 is 14.7 Å². The number of amides is 1. The fourth-order valence-electron chi connectivity index (χ4n) is 2.55. The van der Waals surface area contributed by atoms with Crippen LogP contribution in [0.1, 0.15) is 58.4 Å². The number of carboxylic acids is 1. The van der Waals surface area contributed by atoms with Crippen LogP contribution in [-0.2, 0) is 0 Å². The van der Waals surface area contributed by atoms with E-state index in [0.717, 1.165) is 50.0 Å². The van der Waals surface area contributed by atoms with E-state index in [2.05, 4.69) is 6.92 Å². The predicted octanol–water partition coefficient (Wildman–Crippen LogP) is 3.24. The largest absolute Gasteiger partial charge is 0.477 e. The molecular formula is C14H19NO3S. The van der Waals surface area contributed by atoms with Gasteiger partial charge in [0.15, 0.2) is 0 Å². The van der Waals surface area contributed by atoms with Gasteiger partial charge in [0.25, 0.3) is 5.91 Å². The molecule has 0 spiro atoms. The Kier molecular flexibility index (Phi) is 4.58. The molecule has 1 aromatic rings. The van der Waals surface area contributed by atoms with Gasteiger partial charge in [0, 0.05) is 12.6 Å². The number of thiophene rings is 1. The van der Waals surface area contributed by atoms with Crippen LogP contribution in [0.5, 0.6) is 0 Å². The molecule has 1 amide bonds. The Morgan fingerprint density at radius 2 is 2.16 bits per heavy atom. The van der Waals surface area contributed by atoms with E-state index in [9.17, 15) is 9.59 Å². The SMILES string of the molecule is CCCCC1CCCN1C(=O)c1ccc(C(=O)O)s1. The molecule has 2 rings (SSSR count). The number of nitrogens with zero attached hydrogens (tertiary/aromatic N) is 1. The summed E-state index contributed by atoms with van der Waals surface area (Å²) in [7, 11) is 0. The van der Waals surface area contributed by atoms with Gasteiger partial charge in [-0.15, -0.1) is 11.3 Å².